The van der Waals surface area contributed by atoms with Gasteiger partial charge >= 0.3 is 0 Å². The van der Waals surface area contributed by atoms with Crippen molar-refractivity contribution in [3.8, 4) is 11.1 Å². The highest BCUT2D eigenvalue weighted by Crippen LogP contribution is 2.45. The molecule has 36 heavy (non-hydrogen) atoms. The number of anilines is 2. The molecule has 1 fully saturated rings. The Morgan fingerprint density at radius 3 is 2.44 bits per heavy atom. The largest absolute Gasteiger partial charge is 0.503 e. The fourth-order valence-corrected chi connectivity index (χ4v) is 5.65. The maximum atomic E-state index is 13.5. The molecule has 3 heterocycles. The minimum atomic E-state index is -0.713. The zero-order chi connectivity index (χ0) is 25.2. The number of nitrogens with zero attached hydrogens (tertiary/aromatic N) is 2. The van der Waals surface area contributed by atoms with E-state index in [2.05, 4.69) is 16.3 Å². The van der Waals surface area contributed by atoms with Crippen LogP contribution in [0.3, 0.4) is 0 Å². The Kier molecular flexibility index (Phi) is 6.94. The molecule has 1 atom stereocenters. The number of hydrogen-bond acceptors (Lipinski definition) is 6. The molecule has 6 nitrogen and oxygen atoms in total. The van der Waals surface area contributed by atoms with Crippen molar-refractivity contribution in [2.45, 2.75) is 26.3 Å². The molecule has 1 saturated heterocycles. The number of morpholine rings is 1. The first-order valence-electron chi connectivity index (χ1n) is 12.3. The van der Waals surface area contributed by atoms with E-state index < -0.39 is 17.7 Å². The highest BCUT2D eigenvalue weighted by molar-refractivity contribution is 7.08. The summed E-state index contributed by atoms with van der Waals surface area (Å²) in [6, 6.07) is 16.9. The van der Waals surface area contributed by atoms with Crippen molar-refractivity contribution in [2.75, 3.05) is 36.1 Å². The molecule has 1 aromatic heterocycles. The summed E-state index contributed by atoms with van der Waals surface area (Å²) in [5.41, 5.74) is 4.75. The monoisotopic (exact) mass is 502 g/mol. The van der Waals surface area contributed by atoms with Crippen molar-refractivity contribution < 1.29 is 19.4 Å². The number of benzene rings is 2. The van der Waals surface area contributed by atoms with Gasteiger partial charge in [0.15, 0.2) is 11.5 Å². The van der Waals surface area contributed by atoms with Gasteiger partial charge < -0.3 is 14.7 Å². The molecular weight excluding hydrogens is 472 g/mol. The standard InChI is InChI=1S/C29H30N2O4S/c1-19(2)17-25(32)26-27(23-5-3-4-6-24(23)30-12-14-35-15-13-30)31(29(34)28(26)33)22-9-7-20(8-10-22)21-11-16-36-18-21/h3-11,16,18-19,27,33H,12-15,17H2,1-2H3. The van der Waals surface area contributed by atoms with E-state index in [9.17, 15) is 14.7 Å². The summed E-state index contributed by atoms with van der Waals surface area (Å²) in [6.45, 7) is 6.60. The normalized spacial score (nSPS) is 18.4. The number of ketones is 1. The predicted molar refractivity (Wildman–Crippen MR) is 144 cm³/mol. The van der Waals surface area contributed by atoms with Crippen LogP contribution in [-0.2, 0) is 14.3 Å². The number of rotatable bonds is 7. The topological polar surface area (TPSA) is 70.1 Å². The Hall–Kier alpha value is -3.42. The Morgan fingerprint density at radius 1 is 1.06 bits per heavy atom. The lowest BCUT2D eigenvalue weighted by molar-refractivity contribution is -0.118. The zero-order valence-corrected chi connectivity index (χ0v) is 21.3. The SMILES string of the molecule is CC(C)CC(=O)C1=C(O)C(=O)N(c2ccc(-c3ccsc3)cc2)C1c1ccccc1N1CCOCC1. The van der Waals surface area contributed by atoms with Crippen LogP contribution in [0.5, 0.6) is 0 Å². The van der Waals surface area contributed by atoms with Crippen LogP contribution >= 0.6 is 11.3 Å². The third kappa shape index (κ3) is 4.56. The number of ether oxygens (including phenoxy) is 1. The molecule has 0 aliphatic carbocycles. The van der Waals surface area contributed by atoms with Crippen molar-refractivity contribution in [3.05, 3.63) is 82.3 Å². The molecule has 3 aromatic rings. The van der Waals surface area contributed by atoms with Gasteiger partial charge in [-0.2, -0.15) is 11.3 Å². The van der Waals surface area contributed by atoms with Crippen LogP contribution in [0, 0.1) is 5.92 Å². The van der Waals surface area contributed by atoms with Gasteiger partial charge in [-0.1, -0.05) is 44.2 Å². The molecule has 2 aromatic carbocycles. The number of Topliss-reactive ketones (excluding diaryl/α,β-unsaturated/α-hetero) is 1. The van der Waals surface area contributed by atoms with E-state index in [0.29, 0.717) is 18.9 Å². The summed E-state index contributed by atoms with van der Waals surface area (Å²) >= 11 is 1.63. The maximum Gasteiger partial charge on any atom is 0.294 e. The number of carbonyl (C=O) groups is 2. The van der Waals surface area contributed by atoms with Crippen molar-refractivity contribution in [1.29, 1.82) is 0 Å². The second-order valence-electron chi connectivity index (χ2n) is 9.58. The van der Waals surface area contributed by atoms with Crippen LogP contribution in [0.4, 0.5) is 11.4 Å². The lowest BCUT2D eigenvalue weighted by atomic mass is 9.90. The molecule has 0 spiro atoms. The van der Waals surface area contributed by atoms with Crippen LogP contribution in [-0.4, -0.2) is 43.1 Å². The minimum Gasteiger partial charge on any atom is -0.503 e. The third-order valence-corrected chi connectivity index (χ3v) is 7.37. The second-order valence-corrected chi connectivity index (χ2v) is 10.4. The van der Waals surface area contributed by atoms with Crippen LogP contribution in [0.2, 0.25) is 0 Å². The average Bonchev–Trinajstić information content (AvgIpc) is 3.51. The fraction of sp³-hybridized carbons (Fsp3) is 0.310. The summed E-state index contributed by atoms with van der Waals surface area (Å²) in [4.78, 5) is 30.8. The van der Waals surface area contributed by atoms with Crippen molar-refractivity contribution in [2.24, 2.45) is 5.92 Å². The van der Waals surface area contributed by atoms with Crippen LogP contribution < -0.4 is 9.80 Å². The van der Waals surface area contributed by atoms with Gasteiger partial charge in [-0.25, -0.2) is 0 Å². The molecule has 2 aliphatic heterocycles. The summed E-state index contributed by atoms with van der Waals surface area (Å²) in [5, 5.41) is 15.2. The summed E-state index contributed by atoms with van der Waals surface area (Å²) in [7, 11) is 0. The van der Waals surface area contributed by atoms with Gasteiger partial charge in [0.2, 0.25) is 0 Å². The highest BCUT2D eigenvalue weighted by Gasteiger charge is 2.45. The highest BCUT2D eigenvalue weighted by atomic mass is 32.1. The molecule has 7 heteroatoms. The summed E-state index contributed by atoms with van der Waals surface area (Å²) in [5.74, 6) is -1.10. The van der Waals surface area contributed by atoms with E-state index in [1.165, 1.54) is 0 Å². The minimum absolute atomic E-state index is 0.0991. The van der Waals surface area contributed by atoms with Gasteiger partial charge in [0.25, 0.3) is 5.91 Å². The van der Waals surface area contributed by atoms with Crippen LogP contribution in [0.15, 0.2) is 76.7 Å². The predicted octanol–water partition coefficient (Wildman–Crippen LogP) is 5.77. The Balaban J connectivity index is 1.61. The molecule has 0 bridgehead atoms. The number of thiophene rings is 1. The number of aliphatic hydroxyl groups excluding tert-OH is 1. The van der Waals surface area contributed by atoms with Gasteiger partial charge in [0.1, 0.15) is 0 Å². The average molecular weight is 503 g/mol. The number of para-hydroxylation sites is 1. The van der Waals surface area contributed by atoms with E-state index in [0.717, 1.165) is 35.5 Å². The second kappa shape index (κ2) is 10.3. The molecular formula is C29H30N2O4S. The lowest BCUT2D eigenvalue weighted by Crippen LogP contribution is -2.38. The number of hydrogen-bond donors (Lipinski definition) is 1. The van der Waals surface area contributed by atoms with E-state index in [1.807, 2.05) is 67.8 Å². The van der Waals surface area contributed by atoms with Gasteiger partial charge in [0, 0.05) is 36.4 Å². The molecule has 5 rings (SSSR count). The van der Waals surface area contributed by atoms with Gasteiger partial charge in [0.05, 0.1) is 24.8 Å². The van der Waals surface area contributed by atoms with E-state index in [1.54, 1.807) is 16.2 Å². The summed E-state index contributed by atoms with van der Waals surface area (Å²) in [6.07, 6.45) is 0.258. The number of aliphatic hydroxyl groups is 1. The van der Waals surface area contributed by atoms with E-state index in [4.69, 9.17) is 4.74 Å². The van der Waals surface area contributed by atoms with E-state index >= 15 is 0 Å². The van der Waals surface area contributed by atoms with Gasteiger partial charge in [-0.05, 0) is 52.1 Å². The molecule has 1 N–H and O–H groups in total. The first-order valence-corrected chi connectivity index (χ1v) is 13.2. The quantitative estimate of drug-likeness (QED) is 0.444. The molecule has 186 valence electrons. The van der Waals surface area contributed by atoms with Gasteiger partial charge in [-0.15, -0.1) is 0 Å². The van der Waals surface area contributed by atoms with Crippen LogP contribution in [0.25, 0.3) is 11.1 Å². The first-order chi connectivity index (χ1) is 17.5. The molecule has 0 radical (unpaired) electrons. The van der Waals surface area contributed by atoms with Crippen LogP contribution in [0.1, 0.15) is 31.9 Å². The zero-order valence-electron chi connectivity index (χ0n) is 20.5. The molecule has 1 amide bonds. The lowest BCUT2D eigenvalue weighted by Gasteiger charge is -2.34. The number of amides is 1. The molecule has 1 unspecified atom stereocenters. The third-order valence-electron chi connectivity index (χ3n) is 6.69. The summed E-state index contributed by atoms with van der Waals surface area (Å²) < 4.78 is 5.55. The van der Waals surface area contributed by atoms with E-state index in [-0.39, 0.29) is 23.7 Å². The van der Waals surface area contributed by atoms with Gasteiger partial charge in [-0.3, -0.25) is 14.5 Å². The molecule has 0 saturated carbocycles. The smallest absolute Gasteiger partial charge is 0.294 e. The molecule has 2 aliphatic rings. The van der Waals surface area contributed by atoms with Crippen molar-refractivity contribution in [1.82, 2.24) is 0 Å². The Bertz CT molecular complexity index is 1270. The first kappa shape index (κ1) is 24.3. The van der Waals surface area contributed by atoms with Crippen molar-refractivity contribution in [3.63, 3.8) is 0 Å². The fourth-order valence-electron chi connectivity index (χ4n) is 4.99. The Morgan fingerprint density at radius 2 is 1.78 bits per heavy atom. The maximum absolute atomic E-state index is 13.5. The van der Waals surface area contributed by atoms with Crippen molar-refractivity contribution >= 4 is 34.4 Å². The Labute approximate surface area is 215 Å². The number of carbonyl (C=O) groups excluding carboxylic acids is 2.